The first-order valence-electron chi connectivity index (χ1n) is 5.47. The van der Waals surface area contributed by atoms with Gasteiger partial charge in [-0.2, -0.15) is 0 Å². The van der Waals surface area contributed by atoms with Crippen molar-refractivity contribution in [3.8, 4) is 5.75 Å². The first kappa shape index (κ1) is 10.2. The Labute approximate surface area is 89.9 Å². The molecule has 2 atom stereocenters. The van der Waals surface area contributed by atoms with E-state index in [2.05, 4.69) is 6.07 Å². The van der Waals surface area contributed by atoms with Crippen molar-refractivity contribution in [1.29, 1.82) is 0 Å². The second kappa shape index (κ2) is 4.05. The summed E-state index contributed by atoms with van der Waals surface area (Å²) in [5, 5.41) is 9.67. The third-order valence-corrected chi connectivity index (χ3v) is 3.45. The first-order valence-corrected chi connectivity index (χ1v) is 5.47. The van der Waals surface area contributed by atoms with Crippen LogP contribution < -0.4 is 0 Å². The molecule has 0 aliphatic heterocycles. The Kier molecular flexibility index (Phi) is 2.76. The molecule has 1 aromatic rings. The van der Waals surface area contributed by atoms with Gasteiger partial charge in [-0.1, -0.05) is 19.1 Å². The van der Waals surface area contributed by atoms with Crippen LogP contribution in [0.5, 0.6) is 5.75 Å². The summed E-state index contributed by atoms with van der Waals surface area (Å²) in [4.78, 5) is 10.7. The van der Waals surface area contributed by atoms with Crippen LogP contribution >= 0.6 is 0 Å². The highest BCUT2D eigenvalue weighted by molar-refractivity contribution is 5.54. The van der Waals surface area contributed by atoms with Gasteiger partial charge in [-0.3, -0.25) is 0 Å². The van der Waals surface area contributed by atoms with Crippen LogP contribution in [0.25, 0.3) is 0 Å². The van der Waals surface area contributed by atoms with E-state index in [1.54, 1.807) is 6.07 Å². The third-order valence-electron chi connectivity index (χ3n) is 3.45. The van der Waals surface area contributed by atoms with E-state index < -0.39 is 0 Å². The molecule has 0 radical (unpaired) electrons. The SMILES string of the molecule is CC(C=O)C1CCc2c(O)cccc2C1. The molecule has 1 aliphatic rings. The molecule has 0 saturated carbocycles. The van der Waals surface area contributed by atoms with E-state index in [1.807, 2.05) is 13.0 Å². The van der Waals surface area contributed by atoms with Gasteiger partial charge in [0.05, 0.1) is 0 Å². The van der Waals surface area contributed by atoms with Crippen molar-refractivity contribution in [3.63, 3.8) is 0 Å². The van der Waals surface area contributed by atoms with Crippen molar-refractivity contribution >= 4 is 6.29 Å². The monoisotopic (exact) mass is 204 g/mol. The fourth-order valence-corrected chi connectivity index (χ4v) is 2.38. The van der Waals surface area contributed by atoms with Gasteiger partial charge >= 0.3 is 0 Å². The molecule has 0 amide bonds. The average molecular weight is 204 g/mol. The minimum atomic E-state index is 0.125. The Bertz CT molecular complexity index is 371. The zero-order chi connectivity index (χ0) is 10.8. The highest BCUT2D eigenvalue weighted by atomic mass is 16.3. The quantitative estimate of drug-likeness (QED) is 0.751. The Balaban J connectivity index is 2.24. The Morgan fingerprint density at radius 3 is 3.07 bits per heavy atom. The summed E-state index contributed by atoms with van der Waals surface area (Å²) in [6.07, 6.45) is 3.86. The summed E-state index contributed by atoms with van der Waals surface area (Å²) >= 11 is 0. The van der Waals surface area contributed by atoms with Crippen molar-refractivity contribution in [2.45, 2.75) is 26.2 Å². The molecule has 0 spiro atoms. The number of benzene rings is 1. The molecule has 15 heavy (non-hydrogen) atoms. The van der Waals surface area contributed by atoms with Crippen LogP contribution in [0.2, 0.25) is 0 Å². The van der Waals surface area contributed by atoms with Crippen molar-refractivity contribution in [2.75, 3.05) is 0 Å². The number of fused-ring (bicyclic) bond motifs is 1. The van der Waals surface area contributed by atoms with E-state index in [9.17, 15) is 9.90 Å². The highest BCUT2D eigenvalue weighted by Gasteiger charge is 2.24. The number of aldehydes is 1. The zero-order valence-electron chi connectivity index (χ0n) is 8.94. The van der Waals surface area contributed by atoms with Crippen molar-refractivity contribution < 1.29 is 9.90 Å². The molecule has 1 N–H and O–H groups in total. The molecule has 0 fully saturated rings. The molecule has 0 aromatic heterocycles. The molecule has 2 unspecified atom stereocenters. The van der Waals surface area contributed by atoms with Gasteiger partial charge in [-0.25, -0.2) is 0 Å². The van der Waals surface area contributed by atoms with Gasteiger partial charge in [-0.15, -0.1) is 0 Å². The van der Waals surface area contributed by atoms with Crippen LogP contribution in [-0.2, 0) is 17.6 Å². The van der Waals surface area contributed by atoms with Crippen LogP contribution in [0.3, 0.4) is 0 Å². The molecule has 80 valence electrons. The number of hydrogen-bond acceptors (Lipinski definition) is 2. The number of phenolic OH excluding ortho intramolecular Hbond substituents is 1. The minimum absolute atomic E-state index is 0.125. The molecular formula is C13H16O2. The van der Waals surface area contributed by atoms with E-state index in [4.69, 9.17) is 0 Å². The van der Waals surface area contributed by atoms with Gasteiger partial charge in [0.1, 0.15) is 12.0 Å². The van der Waals surface area contributed by atoms with E-state index in [0.717, 1.165) is 31.1 Å². The summed E-state index contributed by atoms with van der Waals surface area (Å²) in [7, 11) is 0. The number of rotatable bonds is 2. The maximum absolute atomic E-state index is 10.7. The average Bonchev–Trinajstić information content (AvgIpc) is 2.28. The Morgan fingerprint density at radius 1 is 1.53 bits per heavy atom. The molecule has 0 heterocycles. The fraction of sp³-hybridized carbons (Fsp3) is 0.462. The van der Waals surface area contributed by atoms with Crippen molar-refractivity contribution in [2.24, 2.45) is 11.8 Å². The van der Waals surface area contributed by atoms with Crippen molar-refractivity contribution in [1.82, 2.24) is 0 Å². The summed E-state index contributed by atoms with van der Waals surface area (Å²) in [6.45, 7) is 1.98. The third kappa shape index (κ3) is 1.89. The molecule has 2 heteroatoms. The van der Waals surface area contributed by atoms with Crippen LogP contribution in [0, 0.1) is 11.8 Å². The lowest BCUT2D eigenvalue weighted by Gasteiger charge is -2.27. The predicted molar refractivity (Wildman–Crippen MR) is 58.8 cm³/mol. The van der Waals surface area contributed by atoms with Gasteiger partial charge in [0.15, 0.2) is 0 Å². The van der Waals surface area contributed by atoms with Crippen LogP contribution in [0.1, 0.15) is 24.5 Å². The molecular weight excluding hydrogens is 188 g/mol. The number of carbonyl (C=O) groups excluding carboxylic acids is 1. The van der Waals surface area contributed by atoms with E-state index in [0.29, 0.717) is 11.7 Å². The second-order valence-corrected chi connectivity index (χ2v) is 4.41. The number of phenols is 1. The number of carbonyl (C=O) groups is 1. The summed E-state index contributed by atoms with van der Waals surface area (Å²) in [6, 6.07) is 5.67. The topological polar surface area (TPSA) is 37.3 Å². The van der Waals surface area contributed by atoms with Gasteiger partial charge in [0.2, 0.25) is 0 Å². The highest BCUT2D eigenvalue weighted by Crippen LogP contribution is 2.33. The molecule has 2 rings (SSSR count). The smallest absolute Gasteiger partial charge is 0.123 e. The Hall–Kier alpha value is -1.31. The minimum Gasteiger partial charge on any atom is -0.508 e. The van der Waals surface area contributed by atoms with Gasteiger partial charge in [-0.05, 0) is 42.4 Å². The second-order valence-electron chi connectivity index (χ2n) is 4.41. The largest absolute Gasteiger partial charge is 0.508 e. The molecule has 0 saturated heterocycles. The maximum Gasteiger partial charge on any atom is 0.123 e. The van der Waals surface area contributed by atoms with Crippen LogP contribution in [0.15, 0.2) is 18.2 Å². The first-order chi connectivity index (χ1) is 7.22. The molecule has 2 nitrogen and oxygen atoms in total. The number of aromatic hydroxyl groups is 1. The Morgan fingerprint density at radius 2 is 2.33 bits per heavy atom. The summed E-state index contributed by atoms with van der Waals surface area (Å²) < 4.78 is 0. The molecule has 1 aromatic carbocycles. The number of hydrogen-bond donors (Lipinski definition) is 1. The molecule has 0 bridgehead atoms. The van der Waals surface area contributed by atoms with Gasteiger partial charge < -0.3 is 9.90 Å². The lowest BCUT2D eigenvalue weighted by molar-refractivity contribution is -0.112. The maximum atomic E-state index is 10.7. The van der Waals surface area contributed by atoms with Gasteiger partial charge in [0.25, 0.3) is 0 Å². The zero-order valence-corrected chi connectivity index (χ0v) is 8.94. The van der Waals surface area contributed by atoms with Gasteiger partial charge in [0, 0.05) is 5.92 Å². The predicted octanol–water partition coefficient (Wildman–Crippen LogP) is 2.33. The normalized spacial score (nSPS) is 21.8. The van der Waals surface area contributed by atoms with E-state index in [1.165, 1.54) is 5.56 Å². The van der Waals surface area contributed by atoms with E-state index >= 15 is 0 Å². The summed E-state index contributed by atoms with van der Waals surface area (Å²) in [5.41, 5.74) is 2.28. The van der Waals surface area contributed by atoms with Crippen molar-refractivity contribution in [3.05, 3.63) is 29.3 Å². The standard InChI is InChI=1S/C13H16O2/c1-9(8-14)10-5-6-12-11(7-10)3-2-4-13(12)15/h2-4,8-10,15H,5-7H2,1H3. The fourth-order valence-electron chi connectivity index (χ4n) is 2.38. The van der Waals surface area contributed by atoms with E-state index in [-0.39, 0.29) is 5.92 Å². The van der Waals surface area contributed by atoms with Crippen LogP contribution in [-0.4, -0.2) is 11.4 Å². The summed E-state index contributed by atoms with van der Waals surface area (Å²) in [5.74, 6) is 0.974. The lowest BCUT2D eigenvalue weighted by Crippen LogP contribution is -2.21. The van der Waals surface area contributed by atoms with Crippen LogP contribution in [0.4, 0.5) is 0 Å². The molecule has 1 aliphatic carbocycles. The lowest BCUT2D eigenvalue weighted by atomic mass is 9.78.